The monoisotopic (exact) mass is 781 g/mol. The number of alkyl halides is 4. The van der Waals surface area contributed by atoms with Crippen molar-refractivity contribution in [2.75, 3.05) is 11.4 Å². The van der Waals surface area contributed by atoms with Gasteiger partial charge in [-0.15, -0.1) is 0 Å². The van der Waals surface area contributed by atoms with Crippen molar-refractivity contribution in [2.45, 2.75) is 51.8 Å². The Bertz CT molecular complexity index is 1510. The van der Waals surface area contributed by atoms with Crippen LogP contribution in [-0.2, 0) is 31.0 Å². The van der Waals surface area contributed by atoms with Crippen LogP contribution >= 0.6 is 55.9 Å². The fourth-order valence-corrected chi connectivity index (χ4v) is 6.24. The van der Waals surface area contributed by atoms with Crippen molar-refractivity contribution in [3.63, 3.8) is 0 Å². The van der Waals surface area contributed by atoms with Gasteiger partial charge in [-0.2, -0.15) is 18.3 Å². The number of rotatable bonds is 5. The molecule has 1 aliphatic rings. The van der Waals surface area contributed by atoms with Gasteiger partial charge in [0.15, 0.2) is 0 Å². The van der Waals surface area contributed by atoms with Gasteiger partial charge in [0.05, 0.1) is 42.4 Å². The summed E-state index contributed by atoms with van der Waals surface area (Å²) in [5, 5.41) is 5.22. The molecule has 13 heteroatoms. The van der Waals surface area contributed by atoms with E-state index in [1.54, 1.807) is 18.6 Å². The lowest BCUT2D eigenvalue weighted by molar-refractivity contribution is -0.137. The van der Waals surface area contributed by atoms with E-state index in [1.807, 2.05) is 23.3 Å². The molecule has 2 aromatic heterocycles. The van der Waals surface area contributed by atoms with Gasteiger partial charge in [0.1, 0.15) is 5.02 Å². The van der Waals surface area contributed by atoms with Crippen LogP contribution in [0.25, 0.3) is 0 Å². The van der Waals surface area contributed by atoms with Gasteiger partial charge in [-0.3, -0.25) is 4.79 Å². The lowest BCUT2D eigenvalue weighted by Gasteiger charge is -2.29. The molecule has 0 spiro atoms. The third kappa shape index (κ3) is 8.78. The number of hydrogen-bond acceptors (Lipinski definition) is 4. The summed E-state index contributed by atoms with van der Waals surface area (Å²) in [6, 6.07) is 13.8. The molecule has 4 aromatic rings. The van der Waals surface area contributed by atoms with Gasteiger partial charge in [0.2, 0.25) is 0 Å². The van der Waals surface area contributed by atoms with E-state index in [2.05, 4.69) is 79.2 Å². The third-order valence-corrected chi connectivity index (χ3v) is 9.01. The average molecular weight is 783 g/mol. The van der Waals surface area contributed by atoms with Crippen molar-refractivity contribution < 1.29 is 13.2 Å². The Morgan fingerprint density at radius 2 is 1.83 bits per heavy atom. The molecule has 2 aromatic carbocycles. The van der Waals surface area contributed by atoms with E-state index in [0.717, 1.165) is 28.9 Å². The summed E-state index contributed by atoms with van der Waals surface area (Å²) >= 11 is 11.7. The second-order valence-electron chi connectivity index (χ2n) is 8.90. The molecule has 1 atom stereocenters. The van der Waals surface area contributed by atoms with Crippen molar-refractivity contribution in [1.29, 1.82) is 0 Å². The SMILES string of the molecule is CC.Cc1cccc(CBr)c1.O=c1c(Cl)c(N2CCc3c(ncn3Cc3cccc(C(F)(F)F)c3)C2)cnn1PI. The zero-order valence-electron chi connectivity index (χ0n) is 22.7. The van der Waals surface area contributed by atoms with Crippen LogP contribution < -0.4 is 10.5 Å². The van der Waals surface area contributed by atoms with Gasteiger partial charge < -0.3 is 9.47 Å². The molecule has 0 aliphatic carbocycles. The maximum absolute atomic E-state index is 13.0. The summed E-state index contributed by atoms with van der Waals surface area (Å²) in [6.07, 6.45) is -0.359. The number of aryl methyl sites for hydroxylation is 1. The van der Waals surface area contributed by atoms with Gasteiger partial charge in [-0.25, -0.2) is 9.44 Å². The molecule has 0 saturated carbocycles. The van der Waals surface area contributed by atoms with E-state index >= 15 is 0 Å². The Morgan fingerprint density at radius 3 is 2.46 bits per heavy atom. The lowest BCUT2D eigenvalue weighted by atomic mass is 10.1. The normalized spacial score (nSPS) is 12.9. The van der Waals surface area contributed by atoms with Crippen LogP contribution in [0.1, 0.15) is 47.5 Å². The molecule has 0 amide bonds. The van der Waals surface area contributed by atoms with Crippen LogP contribution in [0.15, 0.2) is 65.8 Å². The van der Waals surface area contributed by atoms with E-state index in [0.29, 0.717) is 37.3 Å². The third-order valence-electron chi connectivity index (χ3n) is 6.16. The Morgan fingerprint density at radius 1 is 1.12 bits per heavy atom. The number of nitrogens with zero attached hydrogens (tertiary/aromatic N) is 5. The zero-order chi connectivity index (χ0) is 30.2. The predicted octanol–water partition coefficient (Wildman–Crippen LogP) is 8.43. The van der Waals surface area contributed by atoms with Crippen LogP contribution in [0.4, 0.5) is 18.9 Å². The first kappa shape index (κ1) is 33.6. The molecule has 0 radical (unpaired) electrons. The van der Waals surface area contributed by atoms with Crippen LogP contribution in [0.2, 0.25) is 5.02 Å². The molecule has 220 valence electrons. The minimum absolute atomic E-state index is 0.126. The Balaban J connectivity index is 0.000000355. The maximum atomic E-state index is 13.0. The Hall–Kier alpha value is -1.95. The van der Waals surface area contributed by atoms with Crippen LogP contribution in [0, 0.1) is 6.92 Å². The summed E-state index contributed by atoms with van der Waals surface area (Å²) in [7, 11) is 0. The highest BCUT2D eigenvalue weighted by atomic mass is 127. The molecule has 0 saturated heterocycles. The topological polar surface area (TPSA) is 56.0 Å². The largest absolute Gasteiger partial charge is 0.416 e. The summed E-state index contributed by atoms with van der Waals surface area (Å²) in [5.41, 5.74) is 4.57. The zero-order valence-corrected chi connectivity index (χ0v) is 28.2. The Labute approximate surface area is 265 Å². The van der Waals surface area contributed by atoms with Crippen molar-refractivity contribution >= 4 is 61.6 Å². The van der Waals surface area contributed by atoms with Gasteiger partial charge in [0, 0.05) is 30.5 Å². The van der Waals surface area contributed by atoms with Gasteiger partial charge >= 0.3 is 6.18 Å². The van der Waals surface area contributed by atoms with E-state index in [9.17, 15) is 18.0 Å². The molecule has 1 aliphatic heterocycles. The first-order valence-electron chi connectivity index (χ1n) is 12.8. The number of fused-ring (bicyclic) bond motifs is 1. The minimum atomic E-state index is -4.37. The molecule has 0 N–H and O–H groups in total. The summed E-state index contributed by atoms with van der Waals surface area (Å²) in [6.45, 7) is 7.45. The molecule has 6 nitrogen and oxygen atoms in total. The smallest absolute Gasteiger partial charge is 0.362 e. The molecule has 41 heavy (non-hydrogen) atoms. The van der Waals surface area contributed by atoms with Crippen molar-refractivity contribution in [1.82, 2.24) is 19.1 Å². The lowest BCUT2D eigenvalue weighted by Crippen LogP contribution is -2.33. The first-order valence-corrected chi connectivity index (χ1v) is 18.4. The van der Waals surface area contributed by atoms with E-state index in [-0.39, 0.29) is 17.0 Å². The van der Waals surface area contributed by atoms with Crippen molar-refractivity contribution in [3.8, 4) is 0 Å². The van der Waals surface area contributed by atoms with Gasteiger partial charge in [-0.1, -0.05) is 83.3 Å². The van der Waals surface area contributed by atoms with E-state index in [4.69, 9.17) is 11.6 Å². The van der Waals surface area contributed by atoms with Gasteiger partial charge in [-0.05, 0) is 52.2 Å². The predicted molar refractivity (Wildman–Crippen MR) is 174 cm³/mol. The highest BCUT2D eigenvalue weighted by Gasteiger charge is 2.30. The van der Waals surface area contributed by atoms with Crippen molar-refractivity contribution in [3.05, 3.63) is 110 Å². The van der Waals surface area contributed by atoms with Crippen LogP contribution in [0.5, 0.6) is 0 Å². The average Bonchev–Trinajstić information content (AvgIpc) is 3.37. The number of aromatic nitrogens is 4. The number of halogens is 6. The quantitative estimate of drug-likeness (QED) is 0.116. The molecule has 0 fully saturated rings. The summed E-state index contributed by atoms with van der Waals surface area (Å²) in [4.78, 5) is 18.6. The van der Waals surface area contributed by atoms with Crippen LogP contribution in [0.3, 0.4) is 0 Å². The van der Waals surface area contributed by atoms with Crippen molar-refractivity contribution in [2.24, 2.45) is 0 Å². The summed E-state index contributed by atoms with van der Waals surface area (Å²) in [5.74, 6) is 0. The number of hydrogen-bond donors (Lipinski definition) is 0. The number of anilines is 1. The second kappa shape index (κ2) is 15.5. The molecule has 0 bridgehead atoms. The molecule has 5 rings (SSSR count). The van der Waals surface area contributed by atoms with E-state index < -0.39 is 11.7 Å². The highest BCUT2D eigenvalue weighted by molar-refractivity contribution is 14.2. The summed E-state index contributed by atoms with van der Waals surface area (Å²) < 4.78 is 42.1. The maximum Gasteiger partial charge on any atom is 0.416 e. The standard InChI is InChI=1S/C18H15ClF3IN5OP.C8H9Br.C2H6/c19-16-15(7-25-28(30-23)17(16)29)26-5-4-14-13(9-26)24-10-27(14)8-11-2-1-3-12(6-11)18(20,21)22;1-7-3-2-4-8(5-7)6-9;1-2/h1-3,6-7,10,30H,4-5,8-9H2;2-5H,6H2,1H3;1-2H3. The second-order valence-corrected chi connectivity index (χ2v) is 11.9. The molecular formula is C28H30BrClF3IN5OP. The van der Waals surface area contributed by atoms with Gasteiger partial charge in [0.25, 0.3) is 5.56 Å². The first-order chi connectivity index (χ1) is 19.6. The molecule has 1 unspecified atom stereocenters. The molecule has 3 heterocycles. The van der Waals surface area contributed by atoms with E-state index in [1.165, 1.54) is 21.6 Å². The molecular weight excluding hydrogens is 753 g/mol. The number of benzene rings is 2. The fourth-order valence-electron chi connectivity index (χ4n) is 4.25. The Kier molecular flexibility index (Phi) is 12.7. The van der Waals surface area contributed by atoms with Crippen LogP contribution in [-0.4, -0.2) is 25.6 Å². The minimum Gasteiger partial charge on any atom is -0.362 e. The highest BCUT2D eigenvalue weighted by Crippen LogP contribution is 2.31. The fraction of sp³-hybridized carbons (Fsp3) is 0.321. The number of imidazole rings is 1.